The zero-order valence-electron chi connectivity index (χ0n) is 21.3. The number of anilines is 2. The Morgan fingerprint density at radius 1 is 1.00 bits per heavy atom. The van der Waals surface area contributed by atoms with Gasteiger partial charge >= 0.3 is 0 Å². The molecule has 0 radical (unpaired) electrons. The lowest BCUT2D eigenvalue weighted by atomic mass is 10.1. The van der Waals surface area contributed by atoms with Gasteiger partial charge in [-0.3, -0.25) is 9.59 Å². The predicted molar refractivity (Wildman–Crippen MR) is 143 cm³/mol. The van der Waals surface area contributed by atoms with Crippen LogP contribution in [-0.2, 0) is 11.2 Å². The third-order valence-electron chi connectivity index (χ3n) is 6.56. The fourth-order valence-corrected chi connectivity index (χ4v) is 4.33. The minimum atomic E-state index is -0.370. The molecule has 2 aromatic carbocycles. The second kappa shape index (κ2) is 10.8. The maximum Gasteiger partial charge on any atom is 0.255 e. The topological polar surface area (TPSA) is 91.6 Å². The SMILES string of the molecule is Cc1ccc(C(=O)Nc2ccc(N3CCN(C(=O)Cc4nc(-c5cccc(F)c5)oc4C)CC3)nc2)cc1. The lowest BCUT2D eigenvalue weighted by molar-refractivity contribution is -0.130. The van der Waals surface area contributed by atoms with Crippen molar-refractivity contribution in [2.75, 3.05) is 36.4 Å². The number of hydrogen-bond donors (Lipinski definition) is 1. The molecule has 0 unspecified atom stereocenters. The summed E-state index contributed by atoms with van der Waals surface area (Å²) >= 11 is 0. The fourth-order valence-electron chi connectivity index (χ4n) is 4.33. The third-order valence-corrected chi connectivity index (χ3v) is 6.56. The number of nitrogens with one attached hydrogen (secondary N) is 1. The van der Waals surface area contributed by atoms with Crippen molar-refractivity contribution in [1.82, 2.24) is 14.9 Å². The number of hydrogen-bond acceptors (Lipinski definition) is 6. The van der Waals surface area contributed by atoms with Crippen LogP contribution in [0.2, 0.25) is 0 Å². The Bertz CT molecular complexity index is 1440. The summed E-state index contributed by atoms with van der Waals surface area (Å²) < 4.78 is 19.2. The fraction of sp³-hybridized carbons (Fsp3) is 0.241. The van der Waals surface area contributed by atoms with Crippen LogP contribution in [0, 0.1) is 19.7 Å². The Balaban J connectivity index is 1.14. The molecular formula is C29H28FN5O3. The number of amides is 2. The van der Waals surface area contributed by atoms with Crippen molar-refractivity contribution in [3.63, 3.8) is 0 Å². The van der Waals surface area contributed by atoms with Gasteiger partial charge in [0.15, 0.2) is 0 Å². The maximum atomic E-state index is 13.6. The molecule has 1 fully saturated rings. The zero-order chi connectivity index (χ0) is 26.6. The van der Waals surface area contributed by atoms with Crippen molar-refractivity contribution in [3.05, 3.63) is 95.3 Å². The minimum absolute atomic E-state index is 0.0334. The molecule has 1 N–H and O–H groups in total. The first kappa shape index (κ1) is 25.1. The molecule has 9 heteroatoms. The molecule has 38 heavy (non-hydrogen) atoms. The van der Waals surface area contributed by atoms with Gasteiger partial charge in [-0.25, -0.2) is 14.4 Å². The number of carbonyl (C=O) groups excluding carboxylic acids is 2. The molecule has 0 atom stereocenters. The standard InChI is InChI=1S/C29H28FN5O3/c1-19-6-8-21(9-7-19)28(37)32-24-10-11-26(31-18-24)34-12-14-35(15-13-34)27(36)17-25-20(2)38-29(33-25)22-4-3-5-23(30)16-22/h3-11,16,18H,12-15,17H2,1-2H3,(H,32,37). The molecule has 0 spiro atoms. The average Bonchev–Trinajstić information content (AvgIpc) is 3.29. The molecule has 4 aromatic rings. The number of rotatable bonds is 6. The quantitative estimate of drug-likeness (QED) is 0.404. The Hall–Kier alpha value is -4.53. The molecule has 2 aromatic heterocycles. The summed E-state index contributed by atoms with van der Waals surface area (Å²) in [5.41, 5.74) is 3.40. The Labute approximate surface area is 220 Å². The van der Waals surface area contributed by atoms with E-state index in [1.54, 1.807) is 37.4 Å². The number of aryl methyl sites for hydroxylation is 2. The highest BCUT2D eigenvalue weighted by Crippen LogP contribution is 2.23. The predicted octanol–water partition coefficient (Wildman–Crippen LogP) is 4.64. The second-order valence-corrected chi connectivity index (χ2v) is 9.30. The van der Waals surface area contributed by atoms with Gasteiger partial charge in [-0.2, -0.15) is 0 Å². The molecule has 1 saturated heterocycles. The summed E-state index contributed by atoms with van der Waals surface area (Å²) in [5, 5.41) is 2.87. The van der Waals surface area contributed by atoms with Crippen LogP contribution in [0.1, 0.15) is 27.4 Å². The Morgan fingerprint density at radius 2 is 1.76 bits per heavy atom. The van der Waals surface area contributed by atoms with E-state index in [0.717, 1.165) is 11.4 Å². The van der Waals surface area contributed by atoms with Crippen molar-refractivity contribution >= 4 is 23.3 Å². The van der Waals surface area contributed by atoms with Crippen LogP contribution in [-0.4, -0.2) is 52.9 Å². The molecule has 8 nitrogen and oxygen atoms in total. The highest BCUT2D eigenvalue weighted by atomic mass is 19.1. The van der Waals surface area contributed by atoms with Gasteiger partial charge in [-0.15, -0.1) is 0 Å². The first-order valence-electron chi connectivity index (χ1n) is 12.4. The second-order valence-electron chi connectivity index (χ2n) is 9.30. The van der Waals surface area contributed by atoms with Crippen LogP contribution in [0.4, 0.5) is 15.9 Å². The molecule has 3 heterocycles. The first-order valence-corrected chi connectivity index (χ1v) is 12.4. The number of oxazole rings is 1. The first-order chi connectivity index (χ1) is 18.4. The van der Waals surface area contributed by atoms with E-state index in [-0.39, 0.29) is 24.1 Å². The Kier molecular flexibility index (Phi) is 7.17. The number of halogens is 1. The number of piperazine rings is 1. The van der Waals surface area contributed by atoms with Crippen LogP contribution in [0.5, 0.6) is 0 Å². The smallest absolute Gasteiger partial charge is 0.255 e. The molecule has 1 aliphatic rings. The molecule has 0 bridgehead atoms. The monoisotopic (exact) mass is 513 g/mol. The van der Waals surface area contributed by atoms with Crippen molar-refractivity contribution in [1.29, 1.82) is 0 Å². The molecule has 1 aliphatic heterocycles. The van der Waals surface area contributed by atoms with Crippen molar-refractivity contribution in [2.45, 2.75) is 20.3 Å². The van der Waals surface area contributed by atoms with E-state index in [1.807, 2.05) is 36.1 Å². The third kappa shape index (κ3) is 5.72. The highest BCUT2D eigenvalue weighted by molar-refractivity contribution is 6.04. The van der Waals surface area contributed by atoms with Gasteiger partial charge in [0, 0.05) is 37.3 Å². The maximum absolute atomic E-state index is 13.6. The van der Waals surface area contributed by atoms with E-state index in [1.165, 1.54) is 12.1 Å². The summed E-state index contributed by atoms with van der Waals surface area (Å²) in [4.78, 5) is 38.3. The van der Waals surface area contributed by atoms with Gasteiger partial charge in [-0.1, -0.05) is 23.8 Å². The van der Waals surface area contributed by atoms with E-state index in [2.05, 4.69) is 20.2 Å². The summed E-state index contributed by atoms with van der Waals surface area (Å²) in [6, 6.07) is 17.1. The number of nitrogens with zero attached hydrogens (tertiary/aromatic N) is 4. The van der Waals surface area contributed by atoms with Gasteiger partial charge < -0.3 is 19.5 Å². The molecule has 2 amide bonds. The van der Waals surface area contributed by atoms with Gasteiger partial charge in [-0.05, 0) is 56.3 Å². The number of pyridine rings is 1. The molecule has 0 aliphatic carbocycles. The van der Waals surface area contributed by atoms with Crippen LogP contribution in [0.25, 0.3) is 11.5 Å². The summed E-state index contributed by atoms with van der Waals surface area (Å²) in [6.07, 6.45) is 1.76. The van der Waals surface area contributed by atoms with Crippen LogP contribution in [0.3, 0.4) is 0 Å². The van der Waals surface area contributed by atoms with E-state index in [4.69, 9.17) is 4.42 Å². The van der Waals surface area contributed by atoms with Crippen LogP contribution < -0.4 is 10.2 Å². The Morgan fingerprint density at radius 3 is 2.45 bits per heavy atom. The van der Waals surface area contributed by atoms with Crippen molar-refractivity contribution < 1.29 is 18.4 Å². The van der Waals surface area contributed by atoms with Crippen molar-refractivity contribution in [2.24, 2.45) is 0 Å². The van der Waals surface area contributed by atoms with Crippen molar-refractivity contribution in [3.8, 4) is 11.5 Å². The van der Waals surface area contributed by atoms with Gasteiger partial charge in [0.25, 0.3) is 5.91 Å². The van der Waals surface area contributed by atoms with Crippen LogP contribution >= 0.6 is 0 Å². The van der Waals surface area contributed by atoms with Crippen LogP contribution in [0.15, 0.2) is 71.3 Å². The zero-order valence-corrected chi connectivity index (χ0v) is 21.3. The molecule has 194 valence electrons. The van der Waals surface area contributed by atoms with E-state index < -0.39 is 0 Å². The summed E-state index contributed by atoms with van der Waals surface area (Å²) in [7, 11) is 0. The summed E-state index contributed by atoms with van der Waals surface area (Å²) in [5.74, 6) is 1.06. The molecule has 5 rings (SSSR count). The number of carbonyl (C=O) groups is 2. The van der Waals surface area contributed by atoms with E-state index in [0.29, 0.717) is 60.3 Å². The number of benzene rings is 2. The average molecular weight is 514 g/mol. The largest absolute Gasteiger partial charge is 0.441 e. The summed E-state index contributed by atoms with van der Waals surface area (Å²) in [6.45, 7) is 6.12. The molecular weight excluding hydrogens is 485 g/mol. The van der Waals surface area contributed by atoms with Gasteiger partial charge in [0.1, 0.15) is 17.4 Å². The van der Waals surface area contributed by atoms with E-state index >= 15 is 0 Å². The lowest BCUT2D eigenvalue weighted by Crippen LogP contribution is -2.49. The van der Waals surface area contributed by atoms with Gasteiger partial charge in [0.05, 0.1) is 24.0 Å². The minimum Gasteiger partial charge on any atom is -0.441 e. The lowest BCUT2D eigenvalue weighted by Gasteiger charge is -2.35. The normalized spacial score (nSPS) is 13.4. The van der Waals surface area contributed by atoms with Gasteiger partial charge in [0.2, 0.25) is 11.8 Å². The number of aromatic nitrogens is 2. The highest BCUT2D eigenvalue weighted by Gasteiger charge is 2.24. The molecule has 0 saturated carbocycles. The van der Waals surface area contributed by atoms with E-state index in [9.17, 15) is 14.0 Å².